The Kier molecular flexibility index (Phi) is 4.32. The number of halogens is 3. The van der Waals surface area contributed by atoms with E-state index in [1.165, 1.54) is 0 Å². The lowest BCUT2D eigenvalue weighted by atomic mass is 10.0. The maximum Gasteiger partial charge on any atom is 0.413 e. The SMILES string of the molecule is COC[C@](C)(NC(=O)c1cnc2ccccc2n1)C(F)(F)F. The summed E-state index contributed by atoms with van der Waals surface area (Å²) in [5.41, 5.74) is -1.72. The Hall–Kier alpha value is -2.22. The van der Waals surface area contributed by atoms with Gasteiger partial charge < -0.3 is 10.1 Å². The minimum atomic E-state index is -4.66. The lowest BCUT2D eigenvalue weighted by Gasteiger charge is -2.32. The first kappa shape index (κ1) is 16.2. The van der Waals surface area contributed by atoms with Crippen LogP contribution in [0, 0.1) is 0 Å². The van der Waals surface area contributed by atoms with Crippen molar-refractivity contribution in [2.75, 3.05) is 13.7 Å². The van der Waals surface area contributed by atoms with Gasteiger partial charge in [0.1, 0.15) is 5.69 Å². The molecule has 0 radical (unpaired) electrons. The molecule has 0 saturated heterocycles. The van der Waals surface area contributed by atoms with Gasteiger partial charge in [0.2, 0.25) is 0 Å². The predicted octanol–water partition coefficient (Wildman–Crippen LogP) is 2.33. The molecule has 0 aliphatic carbocycles. The van der Waals surface area contributed by atoms with Gasteiger partial charge in [0.25, 0.3) is 5.91 Å². The largest absolute Gasteiger partial charge is 0.413 e. The molecule has 2 aromatic rings. The predicted molar refractivity (Wildman–Crippen MR) is 73.3 cm³/mol. The molecule has 1 amide bonds. The van der Waals surface area contributed by atoms with Crippen molar-refractivity contribution in [3.05, 3.63) is 36.2 Å². The fourth-order valence-electron chi connectivity index (χ4n) is 1.86. The van der Waals surface area contributed by atoms with Crippen LogP contribution in [-0.2, 0) is 4.74 Å². The van der Waals surface area contributed by atoms with Crippen molar-refractivity contribution in [2.45, 2.75) is 18.6 Å². The van der Waals surface area contributed by atoms with E-state index in [1.54, 1.807) is 24.3 Å². The highest BCUT2D eigenvalue weighted by molar-refractivity contribution is 5.94. The standard InChI is InChI=1S/C14H14F3N3O2/c1-13(8-22-2,14(15,16)17)20-12(21)11-7-18-9-5-3-4-6-10(9)19-11/h3-7H,8H2,1-2H3,(H,20,21)/t13-/m0/s1. The first-order valence-corrected chi connectivity index (χ1v) is 6.37. The lowest BCUT2D eigenvalue weighted by Crippen LogP contribution is -2.59. The Morgan fingerprint density at radius 3 is 2.50 bits per heavy atom. The van der Waals surface area contributed by atoms with Crippen molar-refractivity contribution in [3.63, 3.8) is 0 Å². The minimum Gasteiger partial charge on any atom is -0.382 e. The zero-order chi connectivity index (χ0) is 16.4. The van der Waals surface area contributed by atoms with E-state index in [0.717, 1.165) is 20.2 Å². The van der Waals surface area contributed by atoms with Crippen molar-refractivity contribution in [1.82, 2.24) is 15.3 Å². The van der Waals surface area contributed by atoms with E-state index < -0.39 is 24.2 Å². The summed E-state index contributed by atoms with van der Waals surface area (Å²) in [7, 11) is 1.13. The molecular formula is C14H14F3N3O2. The van der Waals surface area contributed by atoms with Crippen molar-refractivity contribution in [3.8, 4) is 0 Å². The number of hydrogen-bond acceptors (Lipinski definition) is 4. The first-order chi connectivity index (χ1) is 10.3. The molecule has 0 fully saturated rings. The van der Waals surface area contributed by atoms with Crippen LogP contribution in [0.2, 0.25) is 0 Å². The molecule has 2 rings (SSSR count). The Labute approximate surface area is 124 Å². The summed E-state index contributed by atoms with van der Waals surface area (Å²) in [5, 5.41) is 1.92. The summed E-state index contributed by atoms with van der Waals surface area (Å²) in [6.45, 7) is 0.145. The van der Waals surface area contributed by atoms with E-state index in [0.29, 0.717) is 11.0 Å². The number of methoxy groups -OCH3 is 1. The zero-order valence-electron chi connectivity index (χ0n) is 11.9. The maximum atomic E-state index is 13.1. The zero-order valence-corrected chi connectivity index (χ0v) is 11.9. The smallest absolute Gasteiger partial charge is 0.382 e. The van der Waals surface area contributed by atoms with E-state index in [4.69, 9.17) is 0 Å². The molecule has 1 heterocycles. The molecule has 0 unspecified atom stereocenters. The third-order valence-electron chi connectivity index (χ3n) is 3.13. The number of nitrogens with zero attached hydrogens (tertiary/aromatic N) is 2. The molecule has 118 valence electrons. The van der Waals surface area contributed by atoms with Gasteiger partial charge >= 0.3 is 6.18 Å². The number of ether oxygens (including phenoxy) is 1. The summed E-state index contributed by atoms with van der Waals surface area (Å²) in [4.78, 5) is 20.1. The van der Waals surface area contributed by atoms with Crippen LogP contribution in [0.25, 0.3) is 11.0 Å². The van der Waals surface area contributed by atoms with Crippen molar-refractivity contribution in [1.29, 1.82) is 0 Å². The summed E-state index contributed by atoms with van der Waals surface area (Å²) in [6.07, 6.45) is -3.52. The summed E-state index contributed by atoms with van der Waals surface area (Å²) < 4.78 is 43.8. The topological polar surface area (TPSA) is 64.1 Å². The molecule has 22 heavy (non-hydrogen) atoms. The number of nitrogens with one attached hydrogen (secondary N) is 1. The number of hydrogen-bond donors (Lipinski definition) is 1. The van der Waals surface area contributed by atoms with Crippen LogP contribution in [0.1, 0.15) is 17.4 Å². The number of alkyl halides is 3. The van der Waals surface area contributed by atoms with Gasteiger partial charge in [0.15, 0.2) is 5.54 Å². The molecule has 0 spiro atoms. The Morgan fingerprint density at radius 1 is 1.27 bits per heavy atom. The van der Waals surface area contributed by atoms with Crippen LogP contribution >= 0.6 is 0 Å². The number of para-hydroxylation sites is 2. The average Bonchev–Trinajstić information content (AvgIpc) is 2.45. The number of carbonyl (C=O) groups is 1. The molecule has 1 aromatic carbocycles. The van der Waals surface area contributed by atoms with Gasteiger partial charge in [0, 0.05) is 7.11 Å². The quantitative estimate of drug-likeness (QED) is 0.941. The van der Waals surface area contributed by atoms with Crippen LogP contribution in [0.3, 0.4) is 0 Å². The average molecular weight is 313 g/mol. The fourth-order valence-corrected chi connectivity index (χ4v) is 1.86. The molecule has 0 bridgehead atoms. The number of rotatable bonds is 4. The van der Waals surface area contributed by atoms with Crippen LogP contribution in [0.5, 0.6) is 0 Å². The Bertz CT molecular complexity index is 690. The molecule has 1 N–H and O–H groups in total. The van der Waals surface area contributed by atoms with E-state index in [2.05, 4.69) is 14.7 Å². The van der Waals surface area contributed by atoms with Gasteiger partial charge in [-0.1, -0.05) is 12.1 Å². The third kappa shape index (κ3) is 3.16. The van der Waals surface area contributed by atoms with E-state index in [1.807, 2.05) is 5.32 Å². The van der Waals surface area contributed by atoms with Crippen LogP contribution in [-0.4, -0.2) is 41.3 Å². The Morgan fingerprint density at radius 2 is 1.91 bits per heavy atom. The molecule has 1 aromatic heterocycles. The van der Waals surface area contributed by atoms with Crippen molar-refractivity contribution in [2.24, 2.45) is 0 Å². The van der Waals surface area contributed by atoms with Crippen LogP contribution in [0.15, 0.2) is 30.5 Å². The van der Waals surface area contributed by atoms with Crippen LogP contribution in [0.4, 0.5) is 13.2 Å². The van der Waals surface area contributed by atoms with E-state index in [9.17, 15) is 18.0 Å². The highest BCUT2D eigenvalue weighted by Gasteiger charge is 2.52. The molecular weight excluding hydrogens is 299 g/mol. The summed E-state index contributed by atoms with van der Waals surface area (Å²) in [6, 6.07) is 6.76. The lowest BCUT2D eigenvalue weighted by molar-refractivity contribution is -0.200. The van der Waals surface area contributed by atoms with Gasteiger partial charge in [-0.25, -0.2) is 4.98 Å². The highest BCUT2D eigenvalue weighted by atomic mass is 19.4. The molecule has 0 aliphatic rings. The van der Waals surface area contributed by atoms with Crippen molar-refractivity contribution < 1.29 is 22.7 Å². The van der Waals surface area contributed by atoms with Gasteiger partial charge in [-0.3, -0.25) is 9.78 Å². The first-order valence-electron chi connectivity index (χ1n) is 6.37. The monoisotopic (exact) mass is 313 g/mol. The van der Waals surface area contributed by atoms with E-state index in [-0.39, 0.29) is 5.69 Å². The Balaban J connectivity index is 2.29. The summed E-state index contributed by atoms with van der Waals surface area (Å²) >= 11 is 0. The van der Waals surface area contributed by atoms with Gasteiger partial charge in [0.05, 0.1) is 23.8 Å². The number of carbonyl (C=O) groups excluding carboxylic acids is 1. The summed E-state index contributed by atoms with van der Waals surface area (Å²) in [5.74, 6) is -0.963. The van der Waals surface area contributed by atoms with Gasteiger partial charge in [-0.2, -0.15) is 13.2 Å². The molecule has 0 saturated carbocycles. The highest BCUT2D eigenvalue weighted by Crippen LogP contribution is 2.30. The van der Waals surface area contributed by atoms with Gasteiger partial charge in [-0.15, -0.1) is 0 Å². The molecule has 1 atom stereocenters. The number of amides is 1. The minimum absolute atomic E-state index is 0.190. The number of benzene rings is 1. The maximum absolute atomic E-state index is 13.1. The molecule has 0 aliphatic heterocycles. The number of fused-ring (bicyclic) bond motifs is 1. The number of aromatic nitrogens is 2. The molecule has 8 heteroatoms. The fraction of sp³-hybridized carbons (Fsp3) is 0.357. The molecule has 5 nitrogen and oxygen atoms in total. The van der Waals surface area contributed by atoms with Crippen LogP contribution < -0.4 is 5.32 Å². The van der Waals surface area contributed by atoms with Crippen molar-refractivity contribution >= 4 is 16.9 Å². The van der Waals surface area contributed by atoms with E-state index >= 15 is 0 Å². The second kappa shape index (κ2) is 5.88. The third-order valence-corrected chi connectivity index (χ3v) is 3.13. The van der Waals surface area contributed by atoms with Gasteiger partial charge in [-0.05, 0) is 19.1 Å². The second-order valence-electron chi connectivity index (χ2n) is 4.96. The second-order valence-corrected chi connectivity index (χ2v) is 4.96. The normalized spacial score (nSPS) is 14.6.